The van der Waals surface area contributed by atoms with E-state index >= 15 is 0 Å². The zero-order chi connectivity index (χ0) is 9.11. The highest BCUT2D eigenvalue weighted by atomic mass is 35.5. The second-order valence-corrected chi connectivity index (χ2v) is 3.78. The third-order valence-electron chi connectivity index (χ3n) is 0.866. The SMILES string of the molecule is CCCN.CO[SiH](OC)OC.Cl. The number of hydrogen-bond donors (Lipinski definition) is 1. The van der Waals surface area contributed by atoms with E-state index in [1.807, 2.05) is 0 Å². The molecule has 0 aliphatic rings. The summed E-state index contributed by atoms with van der Waals surface area (Å²) in [7, 11) is 3.05. The van der Waals surface area contributed by atoms with Crippen LogP contribution in [0.5, 0.6) is 0 Å². The van der Waals surface area contributed by atoms with Crippen LogP contribution >= 0.6 is 12.4 Å². The van der Waals surface area contributed by atoms with Gasteiger partial charge in [0.1, 0.15) is 0 Å². The molecule has 0 saturated carbocycles. The van der Waals surface area contributed by atoms with Gasteiger partial charge in [0.05, 0.1) is 0 Å². The van der Waals surface area contributed by atoms with Gasteiger partial charge in [-0.1, -0.05) is 6.92 Å². The van der Waals surface area contributed by atoms with Crippen molar-refractivity contribution in [2.75, 3.05) is 27.9 Å². The highest BCUT2D eigenvalue weighted by Gasteiger charge is 2.04. The second kappa shape index (κ2) is 17.4. The van der Waals surface area contributed by atoms with Crippen molar-refractivity contribution in [2.45, 2.75) is 13.3 Å². The highest BCUT2D eigenvalue weighted by Crippen LogP contribution is 1.81. The predicted octanol–water partition coefficient (Wildman–Crippen LogP) is 0.420. The van der Waals surface area contributed by atoms with Crippen LogP contribution in [0, 0.1) is 0 Å². The summed E-state index contributed by atoms with van der Waals surface area (Å²) in [6.45, 7) is 2.88. The van der Waals surface area contributed by atoms with Gasteiger partial charge < -0.3 is 19.0 Å². The molecule has 12 heavy (non-hydrogen) atoms. The maximum absolute atomic E-state index is 5.03. The van der Waals surface area contributed by atoms with Crippen molar-refractivity contribution in [2.24, 2.45) is 5.73 Å². The first-order valence-electron chi connectivity index (χ1n) is 3.55. The summed E-state index contributed by atoms with van der Waals surface area (Å²) in [6, 6.07) is 0. The molecule has 0 spiro atoms. The third-order valence-corrected chi connectivity index (χ3v) is 2.02. The van der Waals surface area contributed by atoms with Gasteiger partial charge in [-0.15, -0.1) is 12.4 Å². The molecule has 0 aliphatic heterocycles. The van der Waals surface area contributed by atoms with Crippen molar-refractivity contribution in [1.82, 2.24) is 0 Å². The first kappa shape index (κ1) is 18.2. The van der Waals surface area contributed by atoms with Crippen LogP contribution in [-0.4, -0.2) is 37.4 Å². The lowest BCUT2D eigenvalue weighted by molar-refractivity contribution is 0.163. The van der Waals surface area contributed by atoms with Crippen molar-refractivity contribution in [3.8, 4) is 0 Å². The lowest BCUT2D eigenvalue weighted by atomic mass is 10.5. The Bertz CT molecular complexity index is 59.2. The average molecular weight is 218 g/mol. The van der Waals surface area contributed by atoms with Gasteiger partial charge in [-0.3, -0.25) is 0 Å². The molecular formula is C6H20ClNO3Si. The Labute approximate surface area is 82.8 Å². The molecule has 0 bridgehead atoms. The number of rotatable bonds is 4. The molecule has 0 saturated heterocycles. The van der Waals surface area contributed by atoms with Gasteiger partial charge in [0.25, 0.3) is 0 Å². The zero-order valence-corrected chi connectivity index (χ0v) is 10.2. The van der Waals surface area contributed by atoms with Crippen LogP contribution in [0.2, 0.25) is 0 Å². The van der Waals surface area contributed by atoms with E-state index in [-0.39, 0.29) is 12.4 Å². The maximum atomic E-state index is 5.03. The fourth-order valence-corrected chi connectivity index (χ4v) is 0.866. The minimum Gasteiger partial charge on any atom is -0.379 e. The first-order chi connectivity index (χ1) is 5.26. The fraction of sp³-hybridized carbons (Fsp3) is 1.00. The molecule has 0 aromatic rings. The molecular weight excluding hydrogens is 198 g/mol. The van der Waals surface area contributed by atoms with Crippen LogP contribution in [0.25, 0.3) is 0 Å². The van der Waals surface area contributed by atoms with Crippen LogP contribution < -0.4 is 5.73 Å². The van der Waals surface area contributed by atoms with Crippen molar-refractivity contribution in [3.05, 3.63) is 0 Å². The monoisotopic (exact) mass is 217 g/mol. The van der Waals surface area contributed by atoms with Crippen molar-refractivity contribution in [1.29, 1.82) is 0 Å². The summed E-state index contributed by atoms with van der Waals surface area (Å²) in [5.41, 5.74) is 5.03. The molecule has 0 unspecified atom stereocenters. The molecule has 0 amide bonds. The highest BCUT2D eigenvalue weighted by molar-refractivity contribution is 6.36. The van der Waals surface area contributed by atoms with Gasteiger partial charge >= 0.3 is 9.53 Å². The normalized spacial score (nSPS) is 8.50. The molecule has 0 heterocycles. The summed E-state index contributed by atoms with van der Waals surface area (Å²) < 4.78 is 14.2. The van der Waals surface area contributed by atoms with Crippen molar-refractivity contribution in [3.63, 3.8) is 0 Å². The van der Waals surface area contributed by atoms with E-state index in [4.69, 9.17) is 19.0 Å². The molecule has 2 N–H and O–H groups in total. The van der Waals surface area contributed by atoms with Crippen molar-refractivity contribution >= 4 is 21.9 Å². The van der Waals surface area contributed by atoms with Crippen molar-refractivity contribution < 1.29 is 13.3 Å². The van der Waals surface area contributed by atoms with E-state index in [0.29, 0.717) is 0 Å². The van der Waals surface area contributed by atoms with E-state index in [1.165, 1.54) is 0 Å². The van der Waals surface area contributed by atoms with Gasteiger partial charge in [0.2, 0.25) is 0 Å². The van der Waals surface area contributed by atoms with Crippen LogP contribution in [0.15, 0.2) is 0 Å². The Kier molecular flexibility index (Phi) is 26.4. The second-order valence-electron chi connectivity index (χ2n) is 1.78. The third kappa shape index (κ3) is 16.7. The summed E-state index contributed by atoms with van der Waals surface area (Å²) in [5.74, 6) is 0. The molecule has 0 rings (SSSR count). The van der Waals surface area contributed by atoms with E-state index in [1.54, 1.807) is 21.3 Å². The summed E-state index contributed by atoms with van der Waals surface area (Å²) in [6.07, 6.45) is 1.10. The van der Waals surface area contributed by atoms with E-state index in [2.05, 4.69) is 6.92 Å². The number of halogens is 1. The molecule has 0 aromatic heterocycles. The van der Waals surface area contributed by atoms with E-state index in [9.17, 15) is 0 Å². The van der Waals surface area contributed by atoms with Gasteiger partial charge in [-0.25, -0.2) is 0 Å². The van der Waals surface area contributed by atoms with E-state index in [0.717, 1.165) is 13.0 Å². The van der Waals surface area contributed by atoms with Crippen LogP contribution in [0.4, 0.5) is 0 Å². The van der Waals surface area contributed by atoms with E-state index < -0.39 is 9.53 Å². The predicted molar refractivity (Wildman–Crippen MR) is 54.8 cm³/mol. The van der Waals surface area contributed by atoms with Gasteiger partial charge in [-0.05, 0) is 13.0 Å². The quantitative estimate of drug-likeness (QED) is 0.694. The van der Waals surface area contributed by atoms with Gasteiger partial charge in [-0.2, -0.15) is 0 Å². The molecule has 0 aromatic carbocycles. The molecule has 0 aliphatic carbocycles. The summed E-state index contributed by atoms with van der Waals surface area (Å²) in [5, 5.41) is 0. The van der Waals surface area contributed by atoms with Crippen LogP contribution in [0.3, 0.4) is 0 Å². The molecule has 78 valence electrons. The maximum Gasteiger partial charge on any atom is 0.483 e. The summed E-state index contributed by atoms with van der Waals surface area (Å²) >= 11 is 0. The molecule has 6 heteroatoms. The van der Waals surface area contributed by atoms with Gasteiger partial charge in [0, 0.05) is 21.3 Å². The summed E-state index contributed by atoms with van der Waals surface area (Å²) in [4.78, 5) is 0. The minimum atomic E-state index is -1.67. The number of nitrogens with two attached hydrogens (primary N) is 1. The Morgan fingerprint density at radius 3 is 1.33 bits per heavy atom. The van der Waals surface area contributed by atoms with Gasteiger partial charge in [0.15, 0.2) is 0 Å². The van der Waals surface area contributed by atoms with Crippen LogP contribution in [-0.2, 0) is 13.3 Å². The molecule has 0 fully saturated rings. The minimum absolute atomic E-state index is 0. The average Bonchev–Trinajstić information content (AvgIpc) is 2.08. The molecule has 0 atom stereocenters. The lowest BCUT2D eigenvalue weighted by Gasteiger charge is -2.05. The lowest BCUT2D eigenvalue weighted by Crippen LogP contribution is -2.21. The molecule has 4 nitrogen and oxygen atoms in total. The largest absolute Gasteiger partial charge is 0.483 e. The number of hydrogen-bond acceptors (Lipinski definition) is 4. The fourth-order valence-electron chi connectivity index (χ4n) is 0.289. The molecule has 0 radical (unpaired) electrons. The Morgan fingerprint density at radius 1 is 1.08 bits per heavy atom. The Morgan fingerprint density at radius 2 is 1.33 bits per heavy atom. The van der Waals surface area contributed by atoms with Crippen LogP contribution in [0.1, 0.15) is 13.3 Å². The first-order valence-corrected chi connectivity index (χ1v) is 4.96. The Balaban J connectivity index is -0.000000142. The standard InChI is InChI=1S/C3H9N.C3H10O3Si.ClH/c1-2-3-4;1-4-7(5-2)6-3;/h2-4H2,1H3;7H,1-3H3;1H. The zero-order valence-electron chi connectivity index (χ0n) is 8.20. The Hall–Kier alpha value is 0.347. The smallest absolute Gasteiger partial charge is 0.379 e. The topological polar surface area (TPSA) is 53.7 Å².